The van der Waals surface area contributed by atoms with Gasteiger partial charge in [0.25, 0.3) is 0 Å². The SMILES string of the molecule is N#Cc1c(F)cccc1S(=O)(=O)NC1CCC(=O)CC1. The fourth-order valence-corrected chi connectivity index (χ4v) is 3.65. The number of sulfonamides is 1. The van der Waals surface area contributed by atoms with E-state index in [0.29, 0.717) is 25.7 Å². The summed E-state index contributed by atoms with van der Waals surface area (Å²) in [5.74, 6) is -0.752. The van der Waals surface area contributed by atoms with Crippen LogP contribution in [0, 0.1) is 17.1 Å². The molecular weight excluding hydrogens is 283 g/mol. The van der Waals surface area contributed by atoms with E-state index in [1.807, 2.05) is 0 Å². The minimum absolute atomic E-state index is 0.115. The fraction of sp³-hybridized carbons (Fsp3) is 0.385. The van der Waals surface area contributed by atoms with Gasteiger partial charge in [0.05, 0.1) is 0 Å². The lowest BCUT2D eigenvalue weighted by atomic mass is 9.95. The Labute approximate surface area is 116 Å². The number of Topliss-reactive ketones (excluding diaryl/α,β-unsaturated/α-hetero) is 1. The van der Waals surface area contributed by atoms with Crippen LogP contribution in [0.5, 0.6) is 0 Å². The molecule has 0 heterocycles. The number of nitrogens with zero attached hydrogens (tertiary/aromatic N) is 1. The van der Waals surface area contributed by atoms with Crippen molar-refractivity contribution >= 4 is 15.8 Å². The molecule has 1 saturated carbocycles. The Morgan fingerprint density at radius 3 is 2.55 bits per heavy atom. The monoisotopic (exact) mass is 296 g/mol. The van der Waals surface area contributed by atoms with Crippen LogP contribution >= 0.6 is 0 Å². The number of carbonyl (C=O) groups is 1. The second kappa shape index (κ2) is 5.69. The van der Waals surface area contributed by atoms with E-state index in [9.17, 15) is 17.6 Å². The summed E-state index contributed by atoms with van der Waals surface area (Å²) < 4.78 is 40.3. The molecule has 1 aromatic carbocycles. The first-order valence-electron chi connectivity index (χ1n) is 6.16. The van der Waals surface area contributed by atoms with Crippen molar-refractivity contribution in [3.05, 3.63) is 29.6 Å². The molecule has 0 aromatic heterocycles. The lowest BCUT2D eigenvalue weighted by Crippen LogP contribution is -2.38. The van der Waals surface area contributed by atoms with Crippen molar-refractivity contribution in [1.29, 1.82) is 5.26 Å². The maximum Gasteiger partial charge on any atom is 0.242 e. The Kier molecular flexibility index (Phi) is 4.16. The Bertz CT molecular complexity index is 669. The second-order valence-electron chi connectivity index (χ2n) is 4.66. The van der Waals surface area contributed by atoms with Crippen LogP contribution in [-0.2, 0) is 14.8 Å². The van der Waals surface area contributed by atoms with Crippen molar-refractivity contribution in [2.45, 2.75) is 36.6 Å². The third-order valence-corrected chi connectivity index (χ3v) is 4.80. The summed E-state index contributed by atoms with van der Waals surface area (Å²) in [7, 11) is -3.97. The highest BCUT2D eigenvalue weighted by Crippen LogP contribution is 2.21. The molecule has 7 heteroatoms. The standard InChI is InChI=1S/C13H13FN2O3S/c14-12-2-1-3-13(11(12)8-15)20(18,19)16-9-4-6-10(17)7-5-9/h1-3,9,16H,4-7H2. The molecule has 106 valence electrons. The molecule has 1 aliphatic carbocycles. The summed E-state index contributed by atoms with van der Waals surface area (Å²) >= 11 is 0. The van der Waals surface area contributed by atoms with Gasteiger partial charge < -0.3 is 0 Å². The summed E-state index contributed by atoms with van der Waals surface area (Å²) in [5.41, 5.74) is -0.494. The molecule has 1 aromatic rings. The van der Waals surface area contributed by atoms with Gasteiger partial charge in [-0.1, -0.05) is 6.07 Å². The Hall–Kier alpha value is -1.78. The van der Waals surface area contributed by atoms with Crippen LogP contribution in [0.2, 0.25) is 0 Å². The molecule has 1 N–H and O–H groups in total. The largest absolute Gasteiger partial charge is 0.300 e. The van der Waals surface area contributed by atoms with Crippen molar-refractivity contribution in [3.63, 3.8) is 0 Å². The first kappa shape index (κ1) is 14.6. The van der Waals surface area contributed by atoms with E-state index in [-0.39, 0.29) is 16.7 Å². The van der Waals surface area contributed by atoms with Gasteiger partial charge >= 0.3 is 0 Å². The third-order valence-electron chi connectivity index (χ3n) is 3.24. The van der Waals surface area contributed by atoms with Crippen molar-refractivity contribution in [1.82, 2.24) is 4.72 Å². The smallest absolute Gasteiger partial charge is 0.242 e. The lowest BCUT2D eigenvalue weighted by molar-refractivity contribution is -0.120. The highest BCUT2D eigenvalue weighted by molar-refractivity contribution is 7.89. The number of halogens is 1. The molecule has 0 atom stereocenters. The summed E-state index contributed by atoms with van der Waals surface area (Å²) in [6.07, 6.45) is 1.52. The summed E-state index contributed by atoms with van der Waals surface area (Å²) in [6.45, 7) is 0. The van der Waals surface area contributed by atoms with Gasteiger partial charge in [0.1, 0.15) is 28.1 Å². The zero-order valence-corrected chi connectivity index (χ0v) is 11.4. The minimum Gasteiger partial charge on any atom is -0.300 e. The van der Waals surface area contributed by atoms with E-state index in [1.165, 1.54) is 12.1 Å². The van der Waals surface area contributed by atoms with Crippen LogP contribution < -0.4 is 4.72 Å². The fourth-order valence-electron chi connectivity index (χ4n) is 2.18. The van der Waals surface area contributed by atoms with Gasteiger partial charge in [-0.2, -0.15) is 5.26 Å². The molecule has 0 bridgehead atoms. The lowest BCUT2D eigenvalue weighted by Gasteiger charge is -2.22. The molecule has 20 heavy (non-hydrogen) atoms. The van der Waals surface area contributed by atoms with Gasteiger partial charge in [0, 0.05) is 18.9 Å². The Morgan fingerprint density at radius 1 is 1.30 bits per heavy atom. The van der Waals surface area contributed by atoms with E-state index in [2.05, 4.69) is 4.72 Å². The Morgan fingerprint density at radius 2 is 1.95 bits per heavy atom. The molecule has 0 aliphatic heterocycles. The molecule has 0 spiro atoms. The number of hydrogen-bond acceptors (Lipinski definition) is 4. The maximum absolute atomic E-state index is 13.5. The molecule has 5 nitrogen and oxygen atoms in total. The zero-order chi connectivity index (χ0) is 14.8. The van der Waals surface area contributed by atoms with Crippen LogP contribution in [0.1, 0.15) is 31.2 Å². The van der Waals surface area contributed by atoms with E-state index in [0.717, 1.165) is 6.07 Å². The zero-order valence-electron chi connectivity index (χ0n) is 10.6. The van der Waals surface area contributed by atoms with Gasteiger partial charge in [-0.3, -0.25) is 4.79 Å². The number of ketones is 1. The quantitative estimate of drug-likeness (QED) is 0.915. The predicted molar refractivity (Wildman–Crippen MR) is 68.7 cm³/mol. The molecule has 0 saturated heterocycles. The summed E-state index contributed by atoms with van der Waals surface area (Å²) in [6, 6.07) is 4.69. The van der Waals surface area contributed by atoms with Gasteiger partial charge in [0.2, 0.25) is 10.0 Å². The number of nitriles is 1. The Balaban J connectivity index is 2.26. The van der Waals surface area contributed by atoms with Gasteiger partial charge in [0.15, 0.2) is 0 Å². The van der Waals surface area contributed by atoms with Gasteiger partial charge in [-0.05, 0) is 25.0 Å². The number of benzene rings is 1. The van der Waals surface area contributed by atoms with Crippen molar-refractivity contribution in [2.24, 2.45) is 0 Å². The van der Waals surface area contributed by atoms with E-state index in [1.54, 1.807) is 6.07 Å². The van der Waals surface area contributed by atoms with Crippen LogP contribution in [-0.4, -0.2) is 20.2 Å². The highest BCUT2D eigenvalue weighted by Gasteiger charge is 2.27. The van der Waals surface area contributed by atoms with Gasteiger partial charge in [-0.15, -0.1) is 0 Å². The van der Waals surface area contributed by atoms with E-state index in [4.69, 9.17) is 5.26 Å². The molecule has 0 amide bonds. The third kappa shape index (κ3) is 3.03. The number of hydrogen-bond donors (Lipinski definition) is 1. The first-order valence-corrected chi connectivity index (χ1v) is 7.65. The first-order chi connectivity index (χ1) is 9.44. The molecular formula is C13H13FN2O3S. The molecule has 0 unspecified atom stereocenters. The molecule has 2 rings (SSSR count). The molecule has 0 radical (unpaired) electrons. The van der Waals surface area contributed by atoms with Crippen LogP contribution in [0.15, 0.2) is 23.1 Å². The van der Waals surface area contributed by atoms with Crippen molar-refractivity contribution in [2.75, 3.05) is 0 Å². The molecule has 1 aliphatic rings. The highest BCUT2D eigenvalue weighted by atomic mass is 32.2. The summed E-state index contributed by atoms with van der Waals surface area (Å²) in [4.78, 5) is 10.8. The molecule has 1 fully saturated rings. The maximum atomic E-state index is 13.5. The number of carbonyl (C=O) groups excluding carboxylic acids is 1. The topological polar surface area (TPSA) is 87.0 Å². The second-order valence-corrected chi connectivity index (χ2v) is 6.34. The van der Waals surface area contributed by atoms with Crippen molar-refractivity contribution in [3.8, 4) is 6.07 Å². The number of nitrogens with one attached hydrogen (secondary N) is 1. The van der Waals surface area contributed by atoms with Crippen LogP contribution in [0.3, 0.4) is 0 Å². The normalized spacial score (nSPS) is 16.9. The van der Waals surface area contributed by atoms with Crippen LogP contribution in [0.4, 0.5) is 4.39 Å². The van der Waals surface area contributed by atoms with Gasteiger partial charge in [-0.25, -0.2) is 17.5 Å². The number of rotatable bonds is 3. The van der Waals surface area contributed by atoms with E-state index < -0.39 is 21.4 Å². The average Bonchev–Trinajstić information content (AvgIpc) is 2.41. The summed E-state index contributed by atoms with van der Waals surface area (Å²) in [5, 5.41) is 8.88. The average molecular weight is 296 g/mol. The van der Waals surface area contributed by atoms with Crippen LogP contribution in [0.25, 0.3) is 0 Å². The minimum atomic E-state index is -3.97. The van der Waals surface area contributed by atoms with E-state index >= 15 is 0 Å². The predicted octanol–water partition coefficient (Wildman–Crippen LogP) is 1.49. The van der Waals surface area contributed by atoms with Crippen molar-refractivity contribution < 1.29 is 17.6 Å².